The highest BCUT2D eigenvalue weighted by Gasteiger charge is 2.76. The lowest BCUT2D eigenvalue weighted by Gasteiger charge is -2.36. The number of carbonyl (C=O) groups is 3. The van der Waals surface area contributed by atoms with Crippen LogP contribution in [0.4, 0.5) is 0 Å². The van der Waals surface area contributed by atoms with Crippen molar-refractivity contribution in [3.8, 4) is 0 Å². The summed E-state index contributed by atoms with van der Waals surface area (Å²) in [7, 11) is 0. The monoisotopic (exact) mass is 490 g/mol. The van der Waals surface area contributed by atoms with Crippen LogP contribution in [0, 0.1) is 11.8 Å². The Morgan fingerprint density at radius 2 is 2.14 bits per heavy atom. The fourth-order valence-corrected chi connectivity index (χ4v) is 8.71. The van der Waals surface area contributed by atoms with E-state index in [-0.39, 0.29) is 41.1 Å². The highest BCUT2D eigenvalue weighted by atomic mass is 79.9. The molecule has 3 saturated heterocycles. The van der Waals surface area contributed by atoms with Crippen molar-refractivity contribution in [3.05, 3.63) is 0 Å². The van der Waals surface area contributed by atoms with Crippen molar-refractivity contribution >= 4 is 45.5 Å². The van der Waals surface area contributed by atoms with E-state index in [4.69, 9.17) is 4.74 Å². The van der Waals surface area contributed by atoms with E-state index in [9.17, 15) is 19.5 Å². The molecule has 9 heteroatoms. The van der Waals surface area contributed by atoms with Crippen LogP contribution in [-0.2, 0) is 19.1 Å². The lowest BCUT2D eigenvalue weighted by atomic mass is 9.71. The topological polar surface area (TPSA) is 95.9 Å². The summed E-state index contributed by atoms with van der Waals surface area (Å²) in [6.07, 6.45) is 3.61. The first-order chi connectivity index (χ1) is 13.8. The smallest absolute Gasteiger partial charge is 0.310 e. The average molecular weight is 491 g/mol. The number of ether oxygens (including phenoxy) is 1. The maximum Gasteiger partial charge on any atom is 0.310 e. The van der Waals surface area contributed by atoms with Crippen molar-refractivity contribution in [1.29, 1.82) is 0 Å². The predicted molar refractivity (Wildman–Crippen MR) is 115 cm³/mol. The Labute approximate surface area is 184 Å². The second kappa shape index (κ2) is 9.14. The van der Waals surface area contributed by atoms with Gasteiger partial charge in [-0.05, 0) is 26.7 Å². The molecule has 2 bridgehead atoms. The van der Waals surface area contributed by atoms with Gasteiger partial charge in [0.2, 0.25) is 11.8 Å². The molecule has 7 atom stereocenters. The zero-order valence-electron chi connectivity index (χ0n) is 17.2. The van der Waals surface area contributed by atoms with E-state index in [0.717, 1.165) is 19.3 Å². The third kappa shape index (κ3) is 3.71. The number of halogens is 1. The summed E-state index contributed by atoms with van der Waals surface area (Å²) in [5, 5.41) is 12.7. The van der Waals surface area contributed by atoms with Crippen LogP contribution >= 0.6 is 27.7 Å². The first-order valence-electron chi connectivity index (χ1n) is 10.5. The van der Waals surface area contributed by atoms with Crippen molar-refractivity contribution in [2.45, 2.75) is 73.4 Å². The second-order valence-corrected chi connectivity index (χ2v) is 10.9. The zero-order chi connectivity index (χ0) is 21.3. The van der Waals surface area contributed by atoms with Gasteiger partial charge in [0, 0.05) is 16.6 Å². The molecule has 3 fully saturated rings. The molecule has 0 aromatic rings. The molecule has 164 valence electrons. The van der Waals surface area contributed by atoms with Gasteiger partial charge in [0.1, 0.15) is 6.04 Å². The van der Waals surface area contributed by atoms with Crippen molar-refractivity contribution in [2.75, 3.05) is 19.8 Å². The fourth-order valence-electron chi connectivity index (χ4n) is 5.12. The van der Waals surface area contributed by atoms with Crippen molar-refractivity contribution in [1.82, 2.24) is 10.2 Å². The van der Waals surface area contributed by atoms with Gasteiger partial charge in [-0.25, -0.2) is 0 Å². The number of aliphatic hydroxyl groups excluding tert-OH is 1. The fraction of sp³-hybridized carbons (Fsp3) is 0.850. The summed E-state index contributed by atoms with van der Waals surface area (Å²) in [5.74, 6) is -1.93. The number of hydrogen-bond donors (Lipinski definition) is 2. The molecule has 0 radical (unpaired) electrons. The van der Waals surface area contributed by atoms with Crippen LogP contribution in [-0.4, -0.2) is 74.5 Å². The molecule has 3 unspecified atom stereocenters. The largest absolute Gasteiger partial charge is 0.466 e. The standard InChI is InChI=1S/C20H31BrN2O5S/c1-4-6-7-8-22-17(25)16-20-9-12(21)15(29-20)13(19(27)28-5-2)14(20)18(26)23(16)11(3)10-24/h11-16,24H,4-10H2,1-3H3,(H,22,25)/t11-,12?,13-,14+,15-,16?,20?/m1/s1. The van der Waals surface area contributed by atoms with E-state index in [0.29, 0.717) is 13.0 Å². The second-order valence-electron chi connectivity index (χ2n) is 8.19. The third-order valence-electron chi connectivity index (χ3n) is 6.35. The molecule has 3 rings (SSSR count). The molecule has 3 aliphatic heterocycles. The number of fused-ring (bicyclic) bond motifs is 1. The van der Waals surface area contributed by atoms with E-state index in [1.54, 1.807) is 25.6 Å². The predicted octanol–water partition coefficient (Wildman–Crippen LogP) is 1.70. The normalized spacial score (nSPS) is 36.2. The molecule has 2 N–H and O–H groups in total. The van der Waals surface area contributed by atoms with Gasteiger partial charge >= 0.3 is 5.97 Å². The Morgan fingerprint density at radius 1 is 1.41 bits per heavy atom. The van der Waals surface area contributed by atoms with Gasteiger partial charge in [-0.15, -0.1) is 11.8 Å². The third-order valence-corrected chi connectivity index (χ3v) is 9.57. The summed E-state index contributed by atoms with van der Waals surface area (Å²) in [5.41, 5.74) is 0. The number of esters is 1. The van der Waals surface area contributed by atoms with E-state index in [1.165, 1.54) is 4.90 Å². The maximum absolute atomic E-state index is 13.5. The van der Waals surface area contributed by atoms with E-state index >= 15 is 0 Å². The van der Waals surface area contributed by atoms with Crippen LogP contribution in [0.1, 0.15) is 46.5 Å². The van der Waals surface area contributed by atoms with Crippen LogP contribution in [0.25, 0.3) is 0 Å². The van der Waals surface area contributed by atoms with Crippen LogP contribution in [0.3, 0.4) is 0 Å². The Morgan fingerprint density at radius 3 is 2.76 bits per heavy atom. The van der Waals surface area contributed by atoms with Crippen LogP contribution in [0.2, 0.25) is 0 Å². The van der Waals surface area contributed by atoms with Gasteiger partial charge < -0.3 is 20.1 Å². The highest BCUT2D eigenvalue weighted by molar-refractivity contribution is 9.09. The van der Waals surface area contributed by atoms with E-state index in [1.807, 2.05) is 0 Å². The van der Waals surface area contributed by atoms with Crippen LogP contribution in [0.15, 0.2) is 0 Å². The quantitative estimate of drug-likeness (QED) is 0.290. The molecule has 1 spiro atoms. The maximum atomic E-state index is 13.5. The summed E-state index contributed by atoms with van der Waals surface area (Å²) in [6.45, 7) is 6.19. The van der Waals surface area contributed by atoms with Crippen LogP contribution in [0.5, 0.6) is 0 Å². The number of carbonyl (C=O) groups excluding carboxylic acids is 3. The summed E-state index contributed by atoms with van der Waals surface area (Å²) >= 11 is 5.27. The lowest BCUT2D eigenvalue weighted by Crippen LogP contribution is -2.56. The SMILES string of the molecule is CCCCCNC(=O)C1N([C@H](C)CO)C(=O)[C@@H]2[C@@H](C(=O)OCC)[C@@H]3SC12CC3Br. The number of aliphatic hydroxyl groups is 1. The molecule has 2 amide bonds. The number of nitrogens with zero attached hydrogens (tertiary/aromatic N) is 1. The molecule has 7 nitrogen and oxygen atoms in total. The zero-order valence-corrected chi connectivity index (χ0v) is 19.6. The number of unbranched alkanes of at least 4 members (excludes halogenated alkanes) is 2. The van der Waals surface area contributed by atoms with Crippen molar-refractivity contribution in [3.63, 3.8) is 0 Å². The number of likely N-dealkylation sites (tertiary alicyclic amines) is 1. The van der Waals surface area contributed by atoms with Crippen LogP contribution < -0.4 is 5.32 Å². The van der Waals surface area contributed by atoms with Gasteiger partial charge in [-0.3, -0.25) is 14.4 Å². The number of alkyl halides is 1. The summed E-state index contributed by atoms with van der Waals surface area (Å²) in [6, 6.07) is -1.19. The Kier molecular flexibility index (Phi) is 7.21. The molecular formula is C20H31BrN2O5S. The summed E-state index contributed by atoms with van der Waals surface area (Å²) < 4.78 is 4.62. The molecule has 3 heterocycles. The van der Waals surface area contributed by atoms with Gasteiger partial charge in [-0.2, -0.15) is 0 Å². The minimum Gasteiger partial charge on any atom is -0.466 e. The molecule has 0 saturated carbocycles. The number of thioether (sulfide) groups is 1. The first kappa shape index (κ1) is 22.9. The van der Waals surface area contributed by atoms with Crippen molar-refractivity contribution < 1.29 is 24.2 Å². The van der Waals surface area contributed by atoms with Gasteiger partial charge in [0.25, 0.3) is 0 Å². The van der Waals surface area contributed by atoms with E-state index < -0.39 is 28.7 Å². The first-order valence-corrected chi connectivity index (χ1v) is 12.3. The molecule has 0 aromatic carbocycles. The Bertz CT molecular complexity index is 665. The van der Waals surface area contributed by atoms with Crippen molar-refractivity contribution in [2.24, 2.45) is 11.8 Å². The number of hydrogen-bond acceptors (Lipinski definition) is 6. The Hall–Kier alpha value is -0.800. The van der Waals surface area contributed by atoms with Gasteiger partial charge in [-0.1, -0.05) is 35.7 Å². The molecule has 0 aromatic heterocycles. The molecule has 29 heavy (non-hydrogen) atoms. The van der Waals surface area contributed by atoms with Gasteiger partial charge in [0.15, 0.2) is 0 Å². The van der Waals surface area contributed by atoms with Gasteiger partial charge in [0.05, 0.1) is 35.8 Å². The number of nitrogens with one attached hydrogen (secondary N) is 1. The minimum absolute atomic E-state index is 0.0331. The Balaban J connectivity index is 1.94. The number of amides is 2. The molecule has 3 aliphatic rings. The number of rotatable bonds is 9. The minimum atomic E-state index is -0.696. The lowest BCUT2D eigenvalue weighted by molar-refractivity contribution is -0.154. The molecule has 0 aliphatic carbocycles. The molecular weight excluding hydrogens is 460 g/mol. The highest BCUT2D eigenvalue weighted by Crippen LogP contribution is 2.68. The average Bonchev–Trinajstić information content (AvgIpc) is 3.28. The van der Waals surface area contributed by atoms with E-state index in [2.05, 4.69) is 28.2 Å². The summed E-state index contributed by atoms with van der Waals surface area (Å²) in [4.78, 5) is 41.1.